The summed E-state index contributed by atoms with van der Waals surface area (Å²) in [7, 11) is 0. The Kier molecular flexibility index (Phi) is 5.74. The summed E-state index contributed by atoms with van der Waals surface area (Å²) in [6.07, 6.45) is 4.98. The maximum Gasteiger partial charge on any atom is 0.164 e. The van der Waals surface area contributed by atoms with E-state index >= 15 is 0 Å². The van der Waals surface area contributed by atoms with Crippen molar-refractivity contribution >= 4 is 27.2 Å². The molecular formula is C17H23NOS. The molecule has 0 fully saturated rings. The van der Waals surface area contributed by atoms with Crippen molar-refractivity contribution in [3.05, 3.63) is 35.2 Å². The minimum atomic E-state index is 0.274. The van der Waals surface area contributed by atoms with Crippen molar-refractivity contribution in [1.29, 1.82) is 0 Å². The molecule has 2 nitrogen and oxygen atoms in total. The zero-order chi connectivity index (χ0) is 14.4. The topological polar surface area (TPSA) is 43.1 Å². The zero-order valence-electron chi connectivity index (χ0n) is 12.1. The Balaban J connectivity index is 2.02. The first kappa shape index (κ1) is 15.2. The molecule has 0 aliphatic rings. The highest BCUT2D eigenvalue weighted by Crippen LogP contribution is 2.27. The van der Waals surface area contributed by atoms with Crippen LogP contribution in [-0.2, 0) is 0 Å². The molecule has 1 atom stereocenters. The Labute approximate surface area is 125 Å². The number of rotatable bonds is 8. The Bertz CT molecular complexity index is 555. The SMILES string of the molecule is CCCC(CCN)CCC(=O)c1cccc2ccsc12. The van der Waals surface area contributed by atoms with Crippen LogP contribution in [0.2, 0.25) is 0 Å². The van der Waals surface area contributed by atoms with Gasteiger partial charge in [0.15, 0.2) is 5.78 Å². The van der Waals surface area contributed by atoms with Crippen LogP contribution in [0.5, 0.6) is 0 Å². The molecule has 0 amide bonds. The predicted octanol–water partition coefficient (Wildman–Crippen LogP) is 4.63. The standard InChI is InChI=1S/C17H23NOS/c1-2-4-13(9-11-18)7-8-16(19)15-6-3-5-14-10-12-20-17(14)15/h3,5-6,10,12-13H,2,4,7-9,11,18H2,1H3. The van der Waals surface area contributed by atoms with Crippen LogP contribution in [0.4, 0.5) is 0 Å². The number of hydrogen-bond acceptors (Lipinski definition) is 3. The van der Waals surface area contributed by atoms with Gasteiger partial charge in [-0.05, 0) is 48.2 Å². The molecule has 0 saturated carbocycles. The fourth-order valence-electron chi connectivity index (χ4n) is 2.76. The zero-order valence-corrected chi connectivity index (χ0v) is 12.9. The van der Waals surface area contributed by atoms with Gasteiger partial charge in [0, 0.05) is 16.7 Å². The van der Waals surface area contributed by atoms with Crippen LogP contribution in [0, 0.1) is 5.92 Å². The van der Waals surface area contributed by atoms with Gasteiger partial charge in [-0.15, -0.1) is 11.3 Å². The quantitative estimate of drug-likeness (QED) is 0.720. The molecule has 1 unspecified atom stereocenters. The number of Topliss-reactive ketones (excluding diaryl/α,β-unsaturated/α-hetero) is 1. The Morgan fingerprint density at radius 3 is 2.85 bits per heavy atom. The summed E-state index contributed by atoms with van der Waals surface area (Å²) in [5.41, 5.74) is 6.54. The third-order valence-corrected chi connectivity index (χ3v) is 4.79. The second-order valence-corrected chi connectivity index (χ2v) is 6.25. The molecule has 108 valence electrons. The van der Waals surface area contributed by atoms with Crippen molar-refractivity contribution in [2.45, 2.75) is 39.0 Å². The first-order chi connectivity index (χ1) is 9.76. The number of carbonyl (C=O) groups is 1. The average molecular weight is 289 g/mol. The fourth-order valence-corrected chi connectivity index (χ4v) is 3.69. The normalized spacial score (nSPS) is 12.7. The van der Waals surface area contributed by atoms with E-state index < -0.39 is 0 Å². The van der Waals surface area contributed by atoms with Crippen LogP contribution < -0.4 is 5.73 Å². The van der Waals surface area contributed by atoms with Crippen molar-refractivity contribution in [3.8, 4) is 0 Å². The van der Waals surface area contributed by atoms with Gasteiger partial charge in [-0.1, -0.05) is 31.9 Å². The van der Waals surface area contributed by atoms with E-state index in [1.807, 2.05) is 12.1 Å². The lowest BCUT2D eigenvalue weighted by Gasteiger charge is -2.14. The van der Waals surface area contributed by atoms with Gasteiger partial charge in [0.2, 0.25) is 0 Å². The van der Waals surface area contributed by atoms with Gasteiger partial charge in [-0.3, -0.25) is 4.79 Å². The van der Waals surface area contributed by atoms with Gasteiger partial charge >= 0.3 is 0 Å². The lowest BCUT2D eigenvalue weighted by atomic mass is 9.92. The molecule has 1 aromatic heterocycles. The molecule has 0 radical (unpaired) electrons. The van der Waals surface area contributed by atoms with E-state index in [9.17, 15) is 4.79 Å². The van der Waals surface area contributed by atoms with E-state index in [1.165, 1.54) is 18.2 Å². The summed E-state index contributed by atoms with van der Waals surface area (Å²) in [5.74, 6) is 0.868. The van der Waals surface area contributed by atoms with Crippen molar-refractivity contribution in [3.63, 3.8) is 0 Å². The molecule has 2 aromatic rings. The number of fused-ring (bicyclic) bond motifs is 1. The number of ketones is 1. The average Bonchev–Trinajstić information content (AvgIpc) is 2.93. The highest BCUT2D eigenvalue weighted by atomic mass is 32.1. The summed E-state index contributed by atoms with van der Waals surface area (Å²) in [6, 6.07) is 8.08. The summed E-state index contributed by atoms with van der Waals surface area (Å²) >= 11 is 1.66. The monoisotopic (exact) mass is 289 g/mol. The molecule has 0 aliphatic heterocycles. The third kappa shape index (κ3) is 3.68. The van der Waals surface area contributed by atoms with Crippen LogP contribution in [0.25, 0.3) is 10.1 Å². The molecule has 0 spiro atoms. The van der Waals surface area contributed by atoms with Crippen LogP contribution in [0.1, 0.15) is 49.4 Å². The Morgan fingerprint density at radius 2 is 2.10 bits per heavy atom. The third-order valence-electron chi connectivity index (χ3n) is 3.83. The number of thiophene rings is 1. The highest BCUT2D eigenvalue weighted by Gasteiger charge is 2.14. The lowest BCUT2D eigenvalue weighted by Crippen LogP contribution is -2.11. The number of carbonyl (C=O) groups excluding carboxylic acids is 1. The molecule has 1 aromatic carbocycles. The number of nitrogens with two attached hydrogens (primary N) is 1. The Morgan fingerprint density at radius 1 is 1.25 bits per heavy atom. The van der Waals surface area contributed by atoms with Crippen molar-refractivity contribution in [2.24, 2.45) is 11.7 Å². The van der Waals surface area contributed by atoms with Crippen LogP contribution in [-0.4, -0.2) is 12.3 Å². The van der Waals surface area contributed by atoms with Gasteiger partial charge in [0.1, 0.15) is 0 Å². The lowest BCUT2D eigenvalue weighted by molar-refractivity contribution is 0.0974. The van der Waals surface area contributed by atoms with Crippen LogP contribution in [0.3, 0.4) is 0 Å². The van der Waals surface area contributed by atoms with E-state index in [2.05, 4.69) is 24.4 Å². The summed E-state index contributed by atoms with van der Waals surface area (Å²) < 4.78 is 1.13. The first-order valence-corrected chi connectivity index (χ1v) is 8.33. The second kappa shape index (κ2) is 7.55. The van der Waals surface area contributed by atoms with Gasteiger partial charge in [-0.2, -0.15) is 0 Å². The second-order valence-electron chi connectivity index (χ2n) is 5.34. The molecule has 0 aliphatic carbocycles. The van der Waals surface area contributed by atoms with Gasteiger partial charge in [0.05, 0.1) is 0 Å². The summed E-state index contributed by atoms with van der Waals surface area (Å²) in [4.78, 5) is 12.4. The first-order valence-electron chi connectivity index (χ1n) is 7.45. The molecular weight excluding hydrogens is 266 g/mol. The van der Waals surface area contributed by atoms with E-state index in [4.69, 9.17) is 5.73 Å². The van der Waals surface area contributed by atoms with Gasteiger partial charge in [-0.25, -0.2) is 0 Å². The maximum atomic E-state index is 12.4. The maximum absolute atomic E-state index is 12.4. The molecule has 20 heavy (non-hydrogen) atoms. The van der Waals surface area contributed by atoms with E-state index in [1.54, 1.807) is 11.3 Å². The van der Waals surface area contributed by atoms with E-state index in [-0.39, 0.29) is 5.78 Å². The minimum Gasteiger partial charge on any atom is -0.330 e. The van der Waals surface area contributed by atoms with Crippen LogP contribution in [0.15, 0.2) is 29.6 Å². The van der Waals surface area contributed by atoms with E-state index in [0.29, 0.717) is 12.3 Å². The Hall–Kier alpha value is -1.19. The molecule has 0 saturated heterocycles. The minimum absolute atomic E-state index is 0.274. The van der Waals surface area contributed by atoms with Gasteiger partial charge < -0.3 is 5.73 Å². The summed E-state index contributed by atoms with van der Waals surface area (Å²) in [6.45, 7) is 2.91. The van der Waals surface area contributed by atoms with Crippen molar-refractivity contribution in [1.82, 2.24) is 0 Å². The highest BCUT2D eigenvalue weighted by molar-refractivity contribution is 7.17. The van der Waals surface area contributed by atoms with Crippen molar-refractivity contribution < 1.29 is 4.79 Å². The molecule has 2 N–H and O–H groups in total. The van der Waals surface area contributed by atoms with Gasteiger partial charge in [0.25, 0.3) is 0 Å². The number of benzene rings is 1. The largest absolute Gasteiger partial charge is 0.330 e. The van der Waals surface area contributed by atoms with E-state index in [0.717, 1.165) is 29.6 Å². The number of hydrogen-bond donors (Lipinski definition) is 1. The molecule has 3 heteroatoms. The van der Waals surface area contributed by atoms with Crippen LogP contribution >= 0.6 is 11.3 Å². The smallest absolute Gasteiger partial charge is 0.164 e. The molecule has 1 heterocycles. The van der Waals surface area contributed by atoms with Crippen molar-refractivity contribution in [2.75, 3.05) is 6.54 Å². The predicted molar refractivity (Wildman–Crippen MR) is 87.5 cm³/mol. The molecule has 0 bridgehead atoms. The summed E-state index contributed by atoms with van der Waals surface area (Å²) in [5, 5.41) is 3.23. The fraction of sp³-hybridized carbons (Fsp3) is 0.471. The molecule has 2 rings (SSSR count).